The Morgan fingerprint density at radius 2 is 2.10 bits per heavy atom. The third kappa shape index (κ3) is 3.65. The predicted octanol–water partition coefficient (Wildman–Crippen LogP) is 2.00. The minimum absolute atomic E-state index is 0.0461. The second-order valence-corrected chi connectivity index (χ2v) is 5.35. The number of hydrogen-bond acceptors (Lipinski definition) is 6. The maximum atomic E-state index is 12.2. The van der Waals surface area contributed by atoms with Crippen molar-refractivity contribution in [3.63, 3.8) is 0 Å². The Morgan fingerprint density at radius 3 is 2.81 bits per heavy atom. The topological polar surface area (TPSA) is 63.4 Å². The molecule has 0 aromatic carbocycles. The standard InChI is InChI=1S/C12H17F3N4O2/c13-12(14,15)21-8-4-6-19(7-8)11-18-17-10(20-11)9-3-1-2-5-16-9/h8-9,16H,1-7H2/t8-,9+/m0/s1. The molecule has 2 aliphatic heterocycles. The average molecular weight is 306 g/mol. The Bertz CT molecular complexity index is 473. The first-order valence-corrected chi connectivity index (χ1v) is 7.07. The lowest BCUT2D eigenvalue weighted by Crippen LogP contribution is -2.28. The van der Waals surface area contributed by atoms with Gasteiger partial charge in [-0.05, 0) is 25.8 Å². The molecule has 118 valence electrons. The molecule has 3 rings (SSSR count). The lowest BCUT2D eigenvalue weighted by Gasteiger charge is -2.20. The molecule has 2 saturated heterocycles. The van der Waals surface area contributed by atoms with Crippen LogP contribution in [0.3, 0.4) is 0 Å². The molecular weight excluding hydrogens is 289 g/mol. The van der Waals surface area contributed by atoms with Crippen molar-refractivity contribution >= 4 is 6.01 Å². The normalized spacial score (nSPS) is 27.3. The highest BCUT2D eigenvalue weighted by Gasteiger charge is 2.37. The smallest absolute Gasteiger partial charge is 0.406 e. The van der Waals surface area contributed by atoms with Crippen molar-refractivity contribution in [2.24, 2.45) is 0 Å². The highest BCUT2D eigenvalue weighted by Crippen LogP contribution is 2.28. The van der Waals surface area contributed by atoms with Gasteiger partial charge in [-0.1, -0.05) is 11.5 Å². The van der Waals surface area contributed by atoms with Gasteiger partial charge >= 0.3 is 12.4 Å². The van der Waals surface area contributed by atoms with Crippen LogP contribution in [-0.4, -0.2) is 42.3 Å². The van der Waals surface area contributed by atoms with Gasteiger partial charge in [-0.15, -0.1) is 18.3 Å². The van der Waals surface area contributed by atoms with Crippen LogP contribution in [0.5, 0.6) is 0 Å². The fourth-order valence-electron chi connectivity index (χ4n) is 2.74. The summed E-state index contributed by atoms with van der Waals surface area (Å²) in [5, 5.41) is 11.2. The van der Waals surface area contributed by atoms with Crippen LogP contribution >= 0.6 is 0 Å². The molecule has 2 aliphatic rings. The molecule has 0 radical (unpaired) electrons. The molecule has 0 unspecified atom stereocenters. The van der Waals surface area contributed by atoms with Crippen molar-refractivity contribution < 1.29 is 22.3 Å². The van der Waals surface area contributed by atoms with Crippen LogP contribution in [0, 0.1) is 0 Å². The number of ether oxygens (including phenoxy) is 1. The maximum absolute atomic E-state index is 12.2. The van der Waals surface area contributed by atoms with Crippen LogP contribution in [0.25, 0.3) is 0 Å². The van der Waals surface area contributed by atoms with Gasteiger partial charge in [-0.3, -0.25) is 4.74 Å². The van der Waals surface area contributed by atoms with Crippen LogP contribution in [0.15, 0.2) is 4.42 Å². The van der Waals surface area contributed by atoms with E-state index in [1.807, 2.05) is 0 Å². The van der Waals surface area contributed by atoms with Gasteiger partial charge in [0.1, 0.15) is 0 Å². The molecule has 1 N–H and O–H groups in total. The Labute approximate surface area is 119 Å². The van der Waals surface area contributed by atoms with Gasteiger partial charge in [0.25, 0.3) is 0 Å². The Balaban J connectivity index is 1.59. The second-order valence-electron chi connectivity index (χ2n) is 5.35. The van der Waals surface area contributed by atoms with Crippen molar-refractivity contribution in [3.8, 4) is 0 Å². The number of aromatic nitrogens is 2. The minimum atomic E-state index is -4.60. The molecule has 0 amide bonds. The lowest BCUT2D eigenvalue weighted by atomic mass is 10.1. The molecule has 0 bridgehead atoms. The van der Waals surface area contributed by atoms with Gasteiger partial charge in [0.2, 0.25) is 5.89 Å². The van der Waals surface area contributed by atoms with Crippen LogP contribution in [0.4, 0.5) is 19.2 Å². The summed E-state index contributed by atoms with van der Waals surface area (Å²) in [6.07, 6.45) is -2.04. The molecule has 0 saturated carbocycles. The summed E-state index contributed by atoms with van der Waals surface area (Å²) in [6.45, 7) is 1.44. The van der Waals surface area contributed by atoms with Gasteiger partial charge < -0.3 is 14.6 Å². The van der Waals surface area contributed by atoms with E-state index >= 15 is 0 Å². The van der Waals surface area contributed by atoms with Crippen molar-refractivity contribution in [2.75, 3.05) is 24.5 Å². The van der Waals surface area contributed by atoms with Gasteiger partial charge in [-0.25, -0.2) is 0 Å². The lowest BCUT2D eigenvalue weighted by molar-refractivity contribution is -0.339. The van der Waals surface area contributed by atoms with E-state index in [-0.39, 0.29) is 18.6 Å². The third-order valence-corrected chi connectivity index (χ3v) is 3.75. The van der Waals surface area contributed by atoms with Crippen LogP contribution < -0.4 is 10.2 Å². The molecule has 6 nitrogen and oxygen atoms in total. The molecule has 1 aromatic rings. The molecule has 9 heteroatoms. The van der Waals surface area contributed by atoms with Gasteiger partial charge in [-0.2, -0.15) is 0 Å². The quantitative estimate of drug-likeness (QED) is 0.921. The number of rotatable bonds is 3. The summed E-state index contributed by atoms with van der Waals surface area (Å²) in [6, 6.07) is 0.315. The molecular formula is C12H17F3N4O2. The average Bonchev–Trinajstić information content (AvgIpc) is 3.06. The van der Waals surface area contributed by atoms with E-state index in [9.17, 15) is 13.2 Å². The Hall–Kier alpha value is -1.35. The number of nitrogens with zero attached hydrogens (tertiary/aromatic N) is 3. The number of halogens is 3. The van der Waals surface area contributed by atoms with E-state index in [0.717, 1.165) is 25.8 Å². The Morgan fingerprint density at radius 1 is 1.24 bits per heavy atom. The number of anilines is 1. The SMILES string of the molecule is FC(F)(F)O[C@H]1CCN(c2nnc([C@H]3CCCCN3)o2)C1. The van der Waals surface area contributed by atoms with Crippen LogP contribution in [0.2, 0.25) is 0 Å². The minimum Gasteiger partial charge on any atom is -0.406 e. The number of nitrogens with one attached hydrogen (secondary N) is 1. The zero-order valence-electron chi connectivity index (χ0n) is 11.4. The molecule has 21 heavy (non-hydrogen) atoms. The van der Waals surface area contributed by atoms with Gasteiger partial charge in [0.05, 0.1) is 12.1 Å². The van der Waals surface area contributed by atoms with Crippen molar-refractivity contribution in [1.82, 2.24) is 15.5 Å². The van der Waals surface area contributed by atoms with Crippen LogP contribution in [-0.2, 0) is 4.74 Å². The number of alkyl halides is 3. The van der Waals surface area contributed by atoms with E-state index in [4.69, 9.17) is 4.42 Å². The van der Waals surface area contributed by atoms with E-state index in [2.05, 4.69) is 20.3 Å². The molecule has 2 fully saturated rings. The van der Waals surface area contributed by atoms with E-state index < -0.39 is 12.5 Å². The van der Waals surface area contributed by atoms with Crippen molar-refractivity contribution in [2.45, 2.75) is 44.2 Å². The fourth-order valence-corrected chi connectivity index (χ4v) is 2.74. The first kappa shape index (κ1) is 14.6. The molecule has 0 spiro atoms. The fraction of sp³-hybridized carbons (Fsp3) is 0.833. The number of hydrogen-bond donors (Lipinski definition) is 1. The van der Waals surface area contributed by atoms with Gasteiger partial charge in [0.15, 0.2) is 0 Å². The summed E-state index contributed by atoms with van der Waals surface area (Å²) < 4.78 is 46.2. The first-order valence-electron chi connectivity index (χ1n) is 7.07. The van der Waals surface area contributed by atoms with E-state index in [0.29, 0.717) is 18.9 Å². The summed E-state index contributed by atoms with van der Waals surface area (Å²) in [5.74, 6) is 0.505. The predicted molar refractivity (Wildman–Crippen MR) is 66.7 cm³/mol. The van der Waals surface area contributed by atoms with Crippen molar-refractivity contribution in [3.05, 3.63) is 5.89 Å². The third-order valence-electron chi connectivity index (χ3n) is 3.75. The highest BCUT2D eigenvalue weighted by atomic mass is 19.4. The summed E-state index contributed by atoms with van der Waals surface area (Å²) in [4.78, 5) is 1.63. The molecule has 3 heterocycles. The zero-order chi connectivity index (χ0) is 14.9. The van der Waals surface area contributed by atoms with Crippen molar-refractivity contribution in [1.29, 1.82) is 0 Å². The van der Waals surface area contributed by atoms with Crippen LogP contribution in [0.1, 0.15) is 37.6 Å². The molecule has 1 aromatic heterocycles. The van der Waals surface area contributed by atoms with E-state index in [1.165, 1.54) is 0 Å². The maximum Gasteiger partial charge on any atom is 0.522 e. The monoisotopic (exact) mass is 306 g/mol. The largest absolute Gasteiger partial charge is 0.522 e. The first-order chi connectivity index (χ1) is 10.0. The highest BCUT2D eigenvalue weighted by molar-refractivity contribution is 5.27. The van der Waals surface area contributed by atoms with Gasteiger partial charge in [0, 0.05) is 13.1 Å². The Kier molecular flexibility index (Phi) is 4.03. The summed E-state index contributed by atoms with van der Waals surface area (Å²) >= 11 is 0. The second kappa shape index (κ2) is 5.80. The number of piperidine rings is 1. The summed E-state index contributed by atoms with van der Waals surface area (Å²) in [7, 11) is 0. The molecule has 0 aliphatic carbocycles. The zero-order valence-corrected chi connectivity index (χ0v) is 11.4. The summed E-state index contributed by atoms with van der Waals surface area (Å²) in [5.41, 5.74) is 0. The van der Waals surface area contributed by atoms with E-state index in [1.54, 1.807) is 4.90 Å². The molecule has 2 atom stereocenters.